The Labute approximate surface area is 185 Å². The van der Waals surface area contributed by atoms with Gasteiger partial charge in [-0.25, -0.2) is 9.67 Å². The zero-order valence-electron chi connectivity index (χ0n) is 16.2. The fourth-order valence-electron chi connectivity index (χ4n) is 2.84. The Morgan fingerprint density at radius 2 is 2.06 bits per heavy atom. The van der Waals surface area contributed by atoms with E-state index in [1.54, 1.807) is 49.4 Å². The van der Waals surface area contributed by atoms with Gasteiger partial charge in [0.1, 0.15) is 5.39 Å². The molecule has 2 aromatic carbocycles. The van der Waals surface area contributed by atoms with E-state index in [9.17, 15) is 9.59 Å². The third-order valence-corrected chi connectivity index (χ3v) is 5.63. The number of benzene rings is 2. The number of hydrogen-bond donors (Lipinski definition) is 2. The van der Waals surface area contributed by atoms with Gasteiger partial charge in [-0.1, -0.05) is 29.4 Å². The molecule has 1 amide bonds. The van der Waals surface area contributed by atoms with Crippen molar-refractivity contribution >= 4 is 46.0 Å². The molecule has 2 heterocycles. The maximum Gasteiger partial charge on any atom is 0.262 e. The number of H-pyrrole nitrogens is 1. The van der Waals surface area contributed by atoms with Crippen LogP contribution in [0.2, 0.25) is 5.02 Å². The summed E-state index contributed by atoms with van der Waals surface area (Å²) in [6.07, 6.45) is 1.44. The molecule has 0 spiro atoms. The van der Waals surface area contributed by atoms with Crippen LogP contribution < -0.4 is 10.9 Å². The second-order valence-electron chi connectivity index (χ2n) is 6.58. The van der Waals surface area contributed by atoms with Crippen LogP contribution in [-0.2, 0) is 4.79 Å². The maximum atomic E-state index is 12.5. The number of nitriles is 1. The van der Waals surface area contributed by atoms with Gasteiger partial charge in [-0.2, -0.15) is 10.4 Å². The lowest BCUT2D eigenvalue weighted by atomic mass is 10.2. The predicted molar refractivity (Wildman–Crippen MR) is 120 cm³/mol. The van der Waals surface area contributed by atoms with E-state index >= 15 is 0 Å². The minimum absolute atomic E-state index is 0.263. The molecule has 8 nitrogen and oxygen atoms in total. The third-order valence-electron chi connectivity index (χ3n) is 4.41. The SMILES string of the molecule is CC(Sc1nc2c(cnn2-c2cccc(Cl)c2)c(=O)[nH]1)C(=O)Nc1ccc(C#N)cc1. The van der Waals surface area contributed by atoms with E-state index in [4.69, 9.17) is 16.9 Å². The van der Waals surface area contributed by atoms with Crippen molar-refractivity contribution in [2.24, 2.45) is 0 Å². The van der Waals surface area contributed by atoms with Crippen molar-refractivity contribution in [1.82, 2.24) is 19.7 Å². The van der Waals surface area contributed by atoms with Crippen molar-refractivity contribution in [3.8, 4) is 11.8 Å². The molecule has 10 heteroatoms. The number of amides is 1. The summed E-state index contributed by atoms with van der Waals surface area (Å²) < 4.78 is 1.53. The molecule has 4 rings (SSSR count). The lowest BCUT2D eigenvalue weighted by Gasteiger charge is -2.11. The van der Waals surface area contributed by atoms with Crippen LogP contribution in [0.1, 0.15) is 12.5 Å². The van der Waals surface area contributed by atoms with Gasteiger partial charge in [0.2, 0.25) is 5.91 Å². The largest absolute Gasteiger partial charge is 0.325 e. The standard InChI is InChI=1S/C21H15ClN6O2S/c1-12(19(29)25-15-7-5-13(10-23)6-8-15)31-21-26-18-17(20(30)27-21)11-24-28(18)16-4-2-3-14(22)9-16/h2-9,11-12H,1H3,(H,25,29)(H,26,27,30). The van der Waals surface area contributed by atoms with Gasteiger partial charge in [0.25, 0.3) is 5.56 Å². The first kappa shape index (κ1) is 20.7. The molecule has 31 heavy (non-hydrogen) atoms. The third kappa shape index (κ3) is 4.45. The summed E-state index contributed by atoms with van der Waals surface area (Å²) in [6.45, 7) is 1.71. The number of carbonyl (C=O) groups excluding carboxylic acids is 1. The fraction of sp³-hybridized carbons (Fsp3) is 0.0952. The van der Waals surface area contributed by atoms with Crippen molar-refractivity contribution in [3.63, 3.8) is 0 Å². The molecule has 0 saturated carbocycles. The number of nitrogens with one attached hydrogen (secondary N) is 2. The van der Waals surface area contributed by atoms with Crippen molar-refractivity contribution in [2.75, 3.05) is 5.32 Å². The molecule has 0 saturated heterocycles. The molecule has 0 aliphatic heterocycles. The van der Waals surface area contributed by atoms with Gasteiger partial charge in [0, 0.05) is 10.7 Å². The second kappa shape index (κ2) is 8.63. The average molecular weight is 451 g/mol. The van der Waals surface area contributed by atoms with Crippen molar-refractivity contribution in [2.45, 2.75) is 17.3 Å². The second-order valence-corrected chi connectivity index (χ2v) is 8.35. The number of rotatable bonds is 5. The zero-order chi connectivity index (χ0) is 22.0. The Bertz CT molecular complexity index is 1370. The van der Waals surface area contributed by atoms with E-state index in [-0.39, 0.29) is 11.5 Å². The lowest BCUT2D eigenvalue weighted by Crippen LogP contribution is -2.23. The first-order chi connectivity index (χ1) is 14.9. The fourth-order valence-corrected chi connectivity index (χ4v) is 3.82. The van der Waals surface area contributed by atoms with Crippen LogP contribution >= 0.6 is 23.4 Å². The Morgan fingerprint density at radius 1 is 1.29 bits per heavy atom. The van der Waals surface area contributed by atoms with Crippen LogP contribution in [0, 0.1) is 11.3 Å². The molecule has 0 radical (unpaired) electrons. The topological polar surface area (TPSA) is 116 Å². The first-order valence-electron chi connectivity index (χ1n) is 9.16. The summed E-state index contributed by atoms with van der Waals surface area (Å²) in [5.41, 5.74) is 1.77. The Kier molecular flexibility index (Phi) is 5.75. The summed E-state index contributed by atoms with van der Waals surface area (Å²) in [5.74, 6) is -0.263. The molecule has 0 aliphatic rings. The normalized spacial score (nSPS) is 11.8. The molecule has 1 atom stereocenters. The molecule has 1 unspecified atom stereocenters. The van der Waals surface area contributed by atoms with E-state index in [1.165, 1.54) is 10.9 Å². The number of nitrogens with zero attached hydrogens (tertiary/aromatic N) is 4. The van der Waals surface area contributed by atoms with Crippen LogP contribution in [0.3, 0.4) is 0 Å². The number of thioether (sulfide) groups is 1. The highest BCUT2D eigenvalue weighted by atomic mass is 35.5. The minimum atomic E-state index is -0.543. The number of aromatic nitrogens is 4. The predicted octanol–water partition coefficient (Wildman–Crippen LogP) is 3.75. The summed E-state index contributed by atoms with van der Waals surface area (Å²) in [4.78, 5) is 32.2. The van der Waals surface area contributed by atoms with Crippen molar-refractivity contribution < 1.29 is 4.79 Å². The van der Waals surface area contributed by atoms with Crippen LogP contribution in [0.5, 0.6) is 0 Å². The molecule has 2 N–H and O–H groups in total. The monoisotopic (exact) mass is 450 g/mol. The average Bonchev–Trinajstić information content (AvgIpc) is 3.19. The maximum absolute atomic E-state index is 12.5. The van der Waals surface area contributed by atoms with Crippen molar-refractivity contribution in [1.29, 1.82) is 5.26 Å². The number of carbonyl (C=O) groups is 1. The van der Waals surface area contributed by atoms with Gasteiger partial charge in [-0.3, -0.25) is 9.59 Å². The lowest BCUT2D eigenvalue weighted by molar-refractivity contribution is -0.115. The van der Waals surface area contributed by atoms with E-state index < -0.39 is 5.25 Å². The van der Waals surface area contributed by atoms with E-state index in [0.717, 1.165) is 11.8 Å². The van der Waals surface area contributed by atoms with E-state index in [1.807, 2.05) is 12.1 Å². The molecule has 4 aromatic rings. The van der Waals surface area contributed by atoms with E-state index in [2.05, 4.69) is 20.4 Å². The van der Waals surface area contributed by atoms with Gasteiger partial charge in [0.05, 0.1) is 28.8 Å². The van der Waals surface area contributed by atoms with Crippen LogP contribution in [-0.4, -0.2) is 30.9 Å². The molecule has 0 fully saturated rings. The molecular formula is C21H15ClN6O2S. The van der Waals surface area contributed by atoms with Gasteiger partial charge in [-0.05, 0) is 49.4 Å². The molecule has 0 aliphatic carbocycles. The van der Waals surface area contributed by atoms with Gasteiger partial charge < -0.3 is 10.3 Å². The number of halogens is 1. The first-order valence-corrected chi connectivity index (χ1v) is 10.4. The smallest absolute Gasteiger partial charge is 0.262 e. The quantitative estimate of drug-likeness (QED) is 0.353. The zero-order valence-corrected chi connectivity index (χ0v) is 17.7. The van der Waals surface area contributed by atoms with Gasteiger partial charge in [0.15, 0.2) is 10.8 Å². The highest BCUT2D eigenvalue weighted by Gasteiger charge is 2.18. The van der Waals surface area contributed by atoms with E-state index in [0.29, 0.717) is 38.2 Å². The number of hydrogen-bond acceptors (Lipinski definition) is 6. The van der Waals surface area contributed by atoms with Crippen LogP contribution in [0.15, 0.2) is 64.7 Å². The molecule has 2 aromatic heterocycles. The van der Waals surface area contributed by atoms with Gasteiger partial charge in [-0.15, -0.1) is 0 Å². The highest BCUT2D eigenvalue weighted by molar-refractivity contribution is 8.00. The highest BCUT2D eigenvalue weighted by Crippen LogP contribution is 2.23. The number of anilines is 1. The number of aromatic amines is 1. The Hall–Kier alpha value is -3.61. The van der Waals surface area contributed by atoms with Crippen LogP contribution in [0.4, 0.5) is 5.69 Å². The molecule has 0 bridgehead atoms. The minimum Gasteiger partial charge on any atom is -0.325 e. The Balaban J connectivity index is 1.57. The number of fused-ring (bicyclic) bond motifs is 1. The molecular weight excluding hydrogens is 436 g/mol. The summed E-state index contributed by atoms with van der Waals surface area (Å²) in [5, 5.41) is 16.5. The Morgan fingerprint density at radius 3 is 2.77 bits per heavy atom. The summed E-state index contributed by atoms with van der Waals surface area (Å²) >= 11 is 7.19. The van der Waals surface area contributed by atoms with Crippen molar-refractivity contribution in [3.05, 3.63) is 75.7 Å². The molecule has 154 valence electrons. The summed E-state index contributed by atoms with van der Waals surface area (Å²) in [6, 6.07) is 15.6. The van der Waals surface area contributed by atoms with Gasteiger partial charge >= 0.3 is 0 Å². The van der Waals surface area contributed by atoms with Crippen LogP contribution in [0.25, 0.3) is 16.7 Å². The summed E-state index contributed by atoms with van der Waals surface area (Å²) in [7, 11) is 0.